The first-order valence-corrected chi connectivity index (χ1v) is 9.19. The lowest BCUT2D eigenvalue weighted by molar-refractivity contribution is 0.412. The van der Waals surface area contributed by atoms with Gasteiger partial charge in [-0.3, -0.25) is 0 Å². The summed E-state index contributed by atoms with van der Waals surface area (Å²) in [7, 11) is -2.18. The van der Waals surface area contributed by atoms with Crippen LogP contribution in [0.2, 0.25) is 0 Å². The van der Waals surface area contributed by atoms with Crippen LogP contribution in [0, 0.1) is 0 Å². The summed E-state index contributed by atoms with van der Waals surface area (Å²) >= 11 is 0. The molecule has 0 unspecified atom stereocenters. The van der Waals surface area contributed by atoms with E-state index < -0.39 is 10.0 Å². The van der Waals surface area contributed by atoms with E-state index in [2.05, 4.69) is 0 Å². The molecule has 1 saturated carbocycles. The van der Waals surface area contributed by atoms with Crippen LogP contribution in [0.25, 0.3) is 10.8 Å². The maximum Gasteiger partial charge on any atom is 0.238 e. The number of nitrogens with two attached hydrogens (primary N) is 1. The van der Waals surface area contributed by atoms with E-state index in [0.29, 0.717) is 11.1 Å². The van der Waals surface area contributed by atoms with Crippen LogP contribution in [0.5, 0.6) is 5.75 Å². The van der Waals surface area contributed by atoms with Gasteiger partial charge >= 0.3 is 0 Å². The van der Waals surface area contributed by atoms with Crippen molar-refractivity contribution in [3.8, 4) is 5.75 Å². The van der Waals surface area contributed by atoms with Crippen molar-refractivity contribution in [2.24, 2.45) is 5.14 Å². The topological polar surface area (TPSA) is 69.4 Å². The van der Waals surface area contributed by atoms with Gasteiger partial charge in [-0.1, -0.05) is 43.5 Å². The van der Waals surface area contributed by atoms with Gasteiger partial charge in [0.05, 0.1) is 12.0 Å². The van der Waals surface area contributed by atoms with Crippen LogP contribution in [0.15, 0.2) is 35.2 Å². The molecule has 4 nitrogen and oxygen atoms in total. The first-order chi connectivity index (χ1) is 10.5. The van der Waals surface area contributed by atoms with E-state index in [9.17, 15) is 8.42 Å². The molecule has 2 aromatic carbocycles. The molecule has 3 rings (SSSR count). The molecule has 0 heterocycles. The van der Waals surface area contributed by atoms with E-state index >= 15 is 0 Å². The van der Waals surface area contributed by atoms with Crippen molar-refractivity contribution < 1.29 is 13.2 Å². The van der Waals surface area contributed by atoms with Gasteiger partial charge in [0.25, 0.3) is 0 Å². The Labute approximate surface area is 131 Å². The Morgan fingerprint density at radius 2 is 1.73 bits per heavy atom. The Hall–Kier alpha value is -1.59. The summed E-state index contributed by atoms with van der Waals surface area (Å²) < 4.78 is 30.0. The summed E-state index contributed by atoms with van der Waals surface area (Å²) in [5, 5.41) is 7.00. The molecule has 1 fully saturated rings. The van der Waals surface area contributed by atoms with Crippen LogP contribution in [-0.2, 0) is 10.0 Å². The highest BCUT2D eigenvalue weighted by Crippen LogP contribution is 2.41. The zero-order valence-electron chi connectivity index (χ0n) is 12.7. The highest BCUT2D eigenvalue weighted by molar-refractivity contribution is 7.89. The molecule has 2 N–H and O–H groups in total. The smallest absolute Gasteiger partial charge is 0.238 e. The molecule has 0 saturated heterocycles. The van der Waals surface area contributed by atoms with E-state index in [1.165, 1.54) is 6.42 Å². The van der Waals surface area contributed by atoms with Gasteiger partial charge in [0.15, 0.2) is 0 Å². The molecule has 0 aromatic heterocycles. The minimum atomic E-state index is -3.79. The van der Waals surface area contributed by atoms with Gasteiger partial charge in [0.2, 0.25) is 10.0 Å². The summed E-state index contributed by atoms with van der Waals surface area (Å²) in [6.45, 7) is 0. The Morgan fingerprint density at radius 1 is 1.09 bits per heavy atom. The van der Waals surface area contributed by atoms with Crippen molar-refractivity contribution in [3.63, 3.8) is 0 Å². The lowest BCUT2D eigenvalue weighted by Crippen LogP contribution is -2.18. The summed E-state index contributed by atoms with van der Waals surface area (Å²) in [4.78, 5) is 0.274. The first kappa shape index (κ1) is 15.3. The van der Waals surface area contributed by atoms with Gasteiger partial charge in [0, 0.05) is 10.8 Å². The second-order valence-electron chi connectivity index (χ2n) is 5.92. The third-order valence-electron chi connectivity index (χ3n) is 4.54. The van der Waals surface area contributed by atoms with E-state index in [0.717, 1.165) is 36.6 Å². The Balaban J connectivity index is 2.34. The number of sulfonamides is 1. The lowest BCUT2D eigenvalue weighted by Gasteiger charge is -2.25. The number of benzene rings is 2. The first-order valence-electron chi connectivity index (χ1n) is 7.65. The number of hydrogen-bond acceptors (Lipinski definition) is 3. The van der Waals surface area contributed by atoms with Crippen molar-refractivity contribution in [1.29, 1.82) is 0 Å². The monoisotopic (exact) mass is 319 g/mol. The molecule has 5 heteroatoms. The van der Waals surface area contributed by atoms with Gasteiger partial charge in [0.1, 0.15) is 5.75 Å². The SMILES string of the molecule is COc1cc(C2CCCCC2)c(S(N)(=O)=O)c2ccccc12. The second-order valence-corrected chi connectivity index (χ2v) is 7.42. The number of hydrogen-bond donors (Lipinski definition) is 1. The molecule has 0 aliphatic heterocycles. The average molecular weight is 319 g/mol. The molecular weight excluding hydrogens is 298 g/mol. The van der Waals surface area contributed by atoms with Crippen LogP contribution in [0.3, 0.4) is 0 Å². The molecule has 1 aliphatic carbocycles. The third-order valence-corrected chi connectivity index (χ3v) is 5.56. The standard InChI is InChI=1S/C17H21NO3S/c1-21-16-11-15(12-7-3-2-4-8-12)17(22(18,19)20)14-10-6-5-9-13(14)16/h5-6,9-12H,2-4,7-8H2,1H3,(H2,18,19,20). The highest BCUT2D eigenvalue weighted by Gasteiger charge is 2.26. The number of ether oxygens (including phenoxy) is 1. The predicted molar refractivity (Wildman–Crippen MR) is 87.7 cm³/mol. The quantitative estimate of drug-likeness (QED) is 0.940. The van der Waals surface area contributed by atoms with E-state index in [1.807, 2.05) is 30.3 Å². The summed E-state index contributed by atoms with van der Waals surface area (Å²) in [5.41, 5.74) is 0.817. The Morgan fingerprint density at radius 3 is 2.32 bits per heavy atom. The summed E-state index contributed by atoms with van der Waals surface area (Å²) in [6.07, 6.45) is 5.48. The molecule has 0 amide bonds. The van der Waals surface area contributed by atoms with Crippen molar-refractivity contribution in [1.82, 2.24) is 0 Å². The molecule has 1 aliphatic rings. The van der Waals surface area contributed by atoms with E-state index in [-0.39, 0.29) is 10.8 Å². The molecule has 0 bridgehead atoms. The highest BCUT2D eigenvalue weighted by atomic mass is 32.2. The number of primary sulfonamides is 1. The maximum atomic E-state index is 12.2. The van der Waals surface area contributed by atoms with Gasteiger partial charge in [-0.25, -0.2) is 13.6 Å². The fraction of sp³-hybridized carbons (Fsp3) is 0.412. The molecule has 0 atom stereocenters. The number of fused-ring (bicyclic) bond motifs is 1. The summed E-state index contributed by atoms with van der Waals surface area (Å²) in [6, 6.07) is 9.26. The largest absolute Gasteiger partial charge is 0.496 e. The molecule has 0 spiro atoms. The Kier molecular flexibility index (Phi) is 4.10. The van der Waals surface area contributed by atoms with Crippen molar-refractivity contribution in [2.45, 2.75) is 42.9 Å². The average Bonchev–Trinajstić information content (AvgIpc) is 2.53. The van der Waals surface area contributed by atoms with Gasteiger partial charge < -0.3 is 4.74 Å². The van der Waals surface area contributed by atoms with Crippen LogP contribution in [0.1, 0.15) is 43.6 Å². The number of rotatable bonds is 3. The molecule has 2 aromatic rings. The Bertz CT molecular complexity index is 793. The zero-order chi connectivity index (χ0) is 15.7. The third kappa shape index (κ3) is 2.71. The maximum absolute atomic E-state index is 12.2. The fourth-order valence-corrected chi connectivity index (χ4v) is 4.58. The van der Waals surface area contributed by atoms with Crippen molar-refractivity contribution in [3.05, 3.63) is 35.9 Å². The molecular formula is C17H21NO3S. The molecule has 0 radical (unpaired) electrons. The minimum absolute atomic E-state index is 0.237. The van der Waals surface area contributed by atoms with Crippen molar-refractivity contribution >= 4 is 20.8 Å². The number of methoxy groups -OCH3 is 1. The van der Waals surface area contributed by atoms with E-state index in [4.69, 9.17) is 9.88 Å². The zero-order valence-corrected chi connectivity index (χ0v) is 13.5. The van der Waals surface area contributed by atoms with Crippen LogP contribution in [0.4, 0.5) is 0 Å². The van der Waals surface area contributed by atoms with Gasteiger partial charge in [-0.15, -0.1) is 0 Å². The second kappa shape index (κ2) is 5.89. The van der Waals surface area contributed by atoms with Crippen molar-refractivity contribution in [2.75, 3.05) is 7.11 Å². The molecule has 118 valence electrons. The van der Waals surface area contributed by atoms with Crippen LogP contribution in [-0.4, -0.2) is 15.5 Å². The summed E-state index contributed by atoms with van der Waals surface area (Å²) in [5.74, 6) is 0.948. The van der Waals surface area contributed by atoms with E-state index in [1.54, 1.807) is 7.11 Å². The fourth-order valence-electron chi connectivity index (χ4n) is 3.54. The van der Waals surface area contributed by atoms with Crippen LogP contribution < -0.4 is 9.88 Å². The normalized spacial score (nSPS) is 16.8. The van der Waals surface area contributed by atoms with Gasteiger partial charge in [-0.05, 0) is 30.4 Å². The lowest BCUT2D eigenvalue weighted by atomic mass is 9.83. The van der Waals surface area contributed by atoms with Crippen LogP contribution >= 0.6 is 0 Å². The van der Waals surface area contributed by atoms with Gasteiger partial charge in [-0.2, -0.15) is 0 Å². The molecule has 22 heavy (non-hydrogen) atoms. The minimum Gasteiger partial charge on any atom is -0.496 e. The predicted octanol–water partition coefficient (Wildman–Crippen LogP) is 3.54.